The molecule has 0 aliphatic rings. The fourth-order valence-corrected chi connectivity index (χ4v) is 1.86. The third kappa shape index (κ3) is 1.15. The second-order valence-electron chi connectivity index (χ2n) is 3.44. The first kappa shape index (κ1) is 8.24. The summed E-state index contributed by atoms with van der Waals surface area (Å²) >= 11 is 0. The Labute approximate surface area is 85.8 Å². The minimum absolute atomic E-state index is 0.00745. The Morgan fingerprint density at radius 1 is 0.933 bits per heavy atom. The van der Waals surface area contributed by atoms with Gasteiger partial charge in [0, 0.05) is 6.07 Å². The lowest BCUT2D eigenvalue weighted by Gasteiger charge is -2.00. The molecular weight excluding hydrogens is 188 g/mol. The standard InChI is InChI=1S/C13H8O2/c14-11-7-8-15-12-6-5-9-3-1-2-4-10(9)13(11)12/h1-8H. The average Bonchev–Trinajstić information content (AvgIpc) is 2.29. The van der Waals surface area contributed by atoms with Crippen LogP contribution in [0.25, 0.3) is 21.7 Å². The Balaban J connectivity index is 2.70. The number of fused-ring (bicyclic) bond motifs is 3. The zero-order valence-electron chi connectivity index (χ0n) is 7.94. The molecule has 1 heterocycles. The SMILES string of the molecule is O=c1ccoc2ccc3ccccc3c12. The molecule has 0 bridgehead atoms. The van der Waals surface area contributed by atoms with Gasteiger partial charge >= 0.3 is 0 Å². The Kier molecular flexibility index (Phi) is 1.62. The van der Waals surface area contributed by atoms with Crippen LogP contribution in [0.15, 0.2) is 57.9 Å². The lowest BCUT2D eigenvalue weighted by Crippen LogP contribution is -1.98. The fourth-order valence-electron chi connectivity index (χ4n) is 1.86. The van der Waals surface area contributed by atoms with Crippen molar-refractivity contribution in [2.45, 2.75) is 0 Å². The topological polar surface area (TPSA) is 30.2 Å². The van der Waals surface area contributed by atoms with Crippen molar-refractivity contribution in [3.63, 3.8) is 0 Å². The van der Waals surface area contributed by atoms with Gasteiger partial charge in [0.25, 0.3) is 0 Å². The largest absolute Gasteiger partial charge is 0.464 e. The van der Waals surface area contributed by atoms with Crippen molar-refractivity contribution in [2.24, 2.45) is 0 Å². The summed E-state index contributed by atoms with van der Waals surface area (Å²) in [6.45, 7) is 0. The van der Waals surface area contributed by atoms with Crippen LogP contribution in [-0.4, -0.2) is 0 Å². The highest BCUT2D eigenvalue weighted by Crippen LogP contribution is 2.21. The molecule has 1 aromatic heterocycles. The van der Waals surface area contributed by atoms with Gasteiger partial charge in [0.1, 0.15) is 5.58 Å². The molecule has 0 spiro atoms. The number of hydrogen-bond donors (Lipinski definition) is 0. The number of benzene rings is 2. The predicted octanol–water partition coefficient (Wildman–Crippen LogP) is 2.95. The van der Waals surface area contributed by atoms with E-state index in [1.165, 1.54) is 12.3 Å². The van der Waals surface area contributed by atoms with E-state index in [1.54, 1.807) is 0 Å². The zero-order valence-corrected chi connectivity index (χ0v) is 7.94. The van der Waals surface area contributed by atoms with Gasteiger partial charge in [-0.15, -0.1) is 0 Å². The highest BCUT2D eigenvalue weighted by molar-refractivity contribution is 6.05. The lowest BCUT2D eigenvalue weighted by atomic mass is 10.1. The molecule has 0 radical (unpaired) electrons. The second kappa shape index (κ2) is 2.95. The first-order valence-electron chi connectivity index (χ1n) is 4.75. The van der Waals surface area contributed by atoms with Crippen LogP contribution in [0.3, 0.4) is 0 Å². The molecule has 0 N–H and O–H groups in total. The van der Waals surface area contributed by atoms with Gasteiger partial charge in [-0.2, -0.15) is 0 Å². The van der Waals surface area contributed by atoms with Crippen molar-refractivity contribution in [3.05, 3.63) is 59.0 Å². The summed E-state index contributed by atoms with van der Waals surface area (Å²) in [5.74, 6) is 0. The molecule has 0 saturated carbocycles. The molecule has 0 fully saturated rings. The molecule has 0 amide bonds. The Morgan fingerprint density at radius 2 is 1.80 bits per heavy atom. The summed E-state index contributed by atoms with van der Waals surface area (Å²) in [5.41, 5.74) is 0.647. The Bertz CT molecular complexity index is 695. The smallest absolute Gasteiger partial charge is 0.193 e. The lowest BCUT2D eigenvalue weighted by molar-refractivity contribution is 0.603. The van der Waals surface area contributed by atoms with Crippen LogP contribution in [0.2, 0.25) is 0 Å². The van der Waals surface area contributed by atoms with Gasteiger partial charge in [0.15, 0.2) is 5.43 Å². The van der Waals surface area contributed by atoms with Crippen molar-refractivity contribution in [2.75, 3.05) is 0 Å². The summed E-state index contributed by atoms with van der Waals surface area (Å²) in [7, 11) is 0. The van der Waals surface area contributed by atoms with Crippen molar-refractivity contribution >= 4 is 21.7 Å². The van der Waals surface area contributed by atoms with Crippen LogP contribution < -0.4 is 5.43 Å². The predicted molar refractivity (Wildman–Crippen MR) is 60.0 cm³/mol. The van der Waals surface area contributed by atoms with Crippen LogP contribution in [0, 0.1) is 0 Å². The van der Waals surface area contributed by atoms with Crippen LogP contribution in [-0.2, 0) is 0 Å². The highest BCUT2D eigenvalue weighted by Gasteiger charge is 2.03. The van der Waals surface area contributed by atoms with Crippen molar-refractivity contribution < 1.29 is 4.42 Å². The summed E-state index contributed by atoms with van der Waals surface area (Å²) < 4.78 is 5.30. The van der Waals surface area contributed by atoms with Gasteiger partial charge in [-0.25, -0.2) is 0 Å². The van der Waals surface area contributed by atoms with Gasteiger partial charge in [-0.05, 0) is 16.8 Å². The van der Waals surface area contributed by atoms with Crippen molar-refractivity contribution in [1.29, 1.82) is 0 Å². The van der Waals surface area contributed by atoms with Crippen LogP contribution >= 0.6 is 0 Å². The molecule has 2 aromatic carbocycles. The molecule has 2 nitrogen and oxygen atoms in total. The third-order valence-corrected chi connectivity index (χ3v) is 2.55. The van der Waals surface area contributed by atoms with Crippen molar-refractivity contribution in [1.82, 2.24) is 0 Å². The summed E-state index contributed by atoms with van der Waals surface area (Å²) in [4.78, 5) is 11.7. The molecule has 15 heavy (non-hydrogen) atoms. The van der Waals surface area contributed by atoms with E-state index in [-0.39, 0.29) is 5.43 Å². The van der Waals surface area contributed by atoms with E-state index in [4.69, 9.17) is 4.42 Å². The monoisotopic (exact) mass is 196 g/mol. The highest BCUT2D eigenvalue weighted by atomic mass is 16.3. The molecular formula is C13H8O2. The van der Waals surface area contributed by atoms with Crippen LogP contribution in [0.4, 0.5) is 0 Å². The molecule has 0 atom stereocenters. The molecule has 0 saturated heterocycles. The normalized spacial score (nSPS) is 10.9. The van der Waals surface area contributed by atoms with Gasteiger partial charge in [0.2, 0.25) is 0 Å². The first-order chi connectivity index (χ1) is 7.36. The number of rotatable bonds is 0. The number of hydrogen-bond acceptors (Lipinski definition) is 2. The molecule has 0 aliphatic carbocycles. The summed E-state index contributed by atoms with van der Waals surface area (Å²) in [6, 6.07) is 13.1. The van der Waals surface area contributed by atoms with E-state index in [0.717, 1.165) is 10.8 Å². The van der Waals surface area contributed by atoms with E-state index in [0.29, 0.717) is 11.0 Å². The maximum Gasteiger partial charge on any atom is 0.193 e. The van der Waals surface area contributed by atoms with E-state index < -0.39 is 0 Å². The molecule has 3 aromatic rings. The molecule has 0 aliphatic heterocycles. The molecule has 0 unspecified atom stereocenters. The van der Waals surface area contributed by atoms with Gasteiger partial charge in [0.05, 0.1) is 11.6 Å². The zero-order chi connectivity index (χ0) is 10.3. The maximum atomic E-state index is 11.7. The van der Waals surface area contributed by atoms with Crippen molar-refractivity contribution in [3.8, 4) is 0 Å². The van der Waals surface area contributed by atoms with E-state index in [1.807, 2.05) is 36.4 Å². The van der Waals surface area contributed by atoms with E-state index in [9.17, 15) is 4.79 Å². The fraction of sp³-hybridized carbons (Fsp3) is 0. The summed E-state index contributed by atoms with van der Waals surface area (Å²) in [6.07, 6.45) is 1.43. The minimum Gasteiger partial charge on any atom is -0.464 e. The van der Waals surface area contributed by atoms with Gasteiger partial charge in [-0.3, -0.25) is 4.79 Å². The van der Waals surface area contributed by atoms with Gasteiger partial charge < -0.3 is 4.42 Å². The second-order valence-corrected chi connectivity index (χ2v) is 3.44. The van der Waals surface area contributed by atoms with Crippen LogP contribution in [0.5, 0.6) is 0 Å². The summed E-state index contributed by atoms with van der Waals surface area (Å²) in [5, 5.41) is 2.67. The third-order valence-electron chi connectivity index (χ3n) is 2.55. The molecule has 2 heteroatoms. The Hall–Kier alpha value is -2.09. The first-order valence-corrected chi connectivity index (χ1v) is 4.75. The Morgan fingerprint density at radius 3 is 2.73 bits per heavy atom. The average molecular weight is 196 g/mol. The van der Waals surface area contributed by atoms with E-state index >= 15 is 0 Å². The van der Waals surface area contributed by atoms with E-state index in [2.05, 4.69) is 0 Å². The minimum atomic E-state index is 0.00745. The molecule has 3 rings (SSSR count). The van der Waals surface area contributed by atoms with Gasteiger partial charge in [-0.1, -0.05) is 30.3 Å². The quantitative estimate of drug-likeness (QED) is 0.517. The van der Waals surface area contributed by atoms with Crippen LogP contribution in [0.1, 0.15) is 0 Å². The maximum absolute atomic E-state index is 11.7. The molecule has 72 valence electrons.